The van der Waals surface area contributed by atoms with Crippen LogP contribution in [0.4, 0.5) is 0 Å². The van der Waals surface area contributed by atoms with Crippen LogP contribution in [-0.4, -0.2) is 28.1 Å². The van der Waals surface area contributed by atoms with Crippen molar-refractivity contribution in [3.63, 3.8) is 0 Å². The van der Waals surface area contributed by atoms with Crippen LogP contribution in [0.1, 0.15) is 25.5 Å². The average Bonchev–Trinajstić information content (AvgIpc) is 2.99. The Morgan fingerprint density at radius 1 is 1.10 bits per heavy atom. The van der Waals surface area contributed by atoms with Gasteiger partial charge in [0.1, 0.15) is 0 Å². The molecule has 3 atom stereocenters. The monoisotopic (exact) mass is 291 g/mol. The molecule has 112 valence electrons. The summed E-state index contributed by atoms with van der Waals surface area (Å²) in [7, 11) is 0. The maximum atomic E-state index is 12.2. The Hall–Kier alpha value is -2.37. The predicted molar refractivity (Wildman–Crippen MR) is 73.4 cm³/mol. The summed E-state index contributed by atoms with van der Waals surface area (Å²) in [6.45, 7) is 3.38. The van der Waals surface area contributed by atoms with Crippen molar-refractivity contribution in [3.8, 4) is 0 Å². The van der Waals surface area contributed by atoms with Gasteiger partial charge in [0.15, 0.2) is 6.04 Å². The van der Waals surface area contributed by atoms with Crippen LogP contribution in [0.2, 0.25) is 0 Å². The van der Waals surface area contributed by atoms with E-state index in [1.165, 1.54) is 0 Å². The van der Waals surface area contributed by atoms with Gasteiger partial charge in [-0.25, -0.2) is 4.79 Å². The van der Waals surface area contributed by atoms with Gasteiger partial charge in [0, 0.05) is 0 Å². The van der Waals surface area contributed by atoms with E-state index in [2.05, 4.69) is 5.32 Å². The predicted octanol–water partition coefficient (Wildman–Crippen LogP) is 1.29. The highest BCUT2D eigenvalue weighted by atomic mass is 16.4. The molecule has 1 aromatic carbocycles. The van der Waals surface area contributed by atoms with Crippen LogP contribution in [0.5, 0.6) is 0 Å². The second-order valence-electron chi connectivity index (χ2n) is 5.81. The molecule has 1 aliphatic carbocycles. The standard InChI is InChI=1S/C15H17NO5/c1-15(2)9(10(15)13(18)19)12(17)16-11(14(20)21)8-6-4-3-5-7-8/h3-7,9-11H,1-2H3,(H,16,17)(H,18,19)(H,20,21)/t9-,10+,11+/m1/s1. The maximum Gasteiger partial charge on any atom is 0.330 e. The molecule has 0 bridgehead atoms. The van der Waals surface area contributed by atoms with Crippen LogP contribution >= 0.6 is 0 Å². The molecule has 0 aliphatic heterocycles. The zero-order chi connectivity index (χ0) is 15.8. The molecule has 6 nitrogen and oxygen atoms in total. The molecular weight excluding hydrogens is 274 g/mol. The smallest absolute Gasteiger partial charge is 0.330 e. The first kappa shape index (κ1) is 15.0. The van der Waals surface area contributed by atoms with Crippen molar-refractivity contribution in [2.45, 2.75) is 19.9 Å². The van der Waals surface area contributed by atoms with E-state index in [4.69, 9.17) is 5.11 Å². The van der Waals surface area contributed by atoms with Crippen molar-refractivity contribution in [2.24, 2.45) is 17.3 Å². The number of hydrogen-bond acceptors (Lipinski definition) is 3. The molecule has 0 heterocycles. The molecule has 3 N–H and O–H groups in total. The second-order valence-corrected chi connectivity index (χ2v) is 5.81. The summed E-state index contributed by atoms with van der Waals surface area (Å²) in [6, 6.07) is 7.13. The minimum Gasteiger partial charge on any atom is -0.481 e. The summed E-state index contributed by atoms with van der Waals surface area (Å²) in [5.41, 5.74) is -0.209. The van der Waals surface area contributed by atoms with Crippen LogP contribution in [0.15, 0.2) is 30.3 Å². The summed E-state index contributed by atoms with van der Waals surface area (Å²) < 4.78 is 0. The Morgan fingerprint density at radius 3 is 2.10 bits per heavy atom. The number of carbonyl (C=O) groups excluding carboxylic acids is 1. The van der Waals surface area contributed by atoms with Crippen molar-refractivity contribution < 1.29 is 24.6 Å². The summed E-state index contributed by atoms with van der Waals surface area (Å²) >= 11 is 0. The molecule has 1 aliphatic rings. The molecular formula is C15H17NO5. The number of rotatable bonds is 5. The van der Waals surface area contributed by atoms with Gasteiger partial charge >= 0.3 is 11.9 Å². The van der Waals surface area contributed by atoms with E-state index in [1.807, 2.05) is 0 Å². The normalized spacial score (nSPS) is 23.9. The van der Waals surface area contributed by atoms with Gasteiger partial charge in [-0.3, -0.25) is 9.59 Å². The van der Waals surface area contributed by atoms with E-state index >= 15 is 0 Å². The number of carbonyl (C=O) groups is 3. The fourth-order valence-electron chi connectivity index (χ4n) is 2.75. The van der Waals surface area contributed by atoms with Crippen LogP contribution < -0.4 is 5.32 Å². The maximum absolute atomic E-state index is 12.2. The van der Waals surface area contributed by atoms with Gasteiger partial charge < -0.3 is 15.5 Å². The number of carboxylic acids is 2. The molecule has 1 saturated carbocycles. The Morgan fingerprint density at radius 2 is 1.67 bits per heavy atom. The van der Waals surface area contributed by atoms with Crippen LogP contribution in [0.3, 0.4) is 0 Å². The summed E-state index contributed by atoms with van der Waals surface area (Å²) in [5, 5.41) is 20.8. The average molecular weight is 291 g/mol. The van der Waals surface area contributed by atoms with Gasteiger partial charge in [-0.2, -0.15) is 0 Å². The third-order valence-corrected chi connectivity index (χ3v) is 4.04. The molecule has 0 saturated heterocycles. The first-order valence-electron chi connectivity index (χ1n) is 6.57. The van der Waals surface area contributed by atoms with Gasteiger partial charge in [-0.1, -0.05) is 44.2 Å². The Kier molecular flexibility index (Phi) is 3.72. The summed E-state index contributed by atoms with van der Waals surface area (Å²) in [6.07, 6.45) is 0. The van der Waals surface area contributed by atoms with E-state index in [0.717, 1.165) is 0 Å². The van der Waals surface area contributed by atoms with E-state index in [9.17, 15) is 19.5 Å². The van der Waals surface area contributed by atoms with E-state index in [-0.39, 0.29) is 0 Å². The minimum absolute atomic E-state index is 0.448. The fourth-order valence-corrected chi connectivity index (χ4v) is 2.75. The van der Waals surface area contributed by atoms with Gasteiger partial charge in [0.25, 0.3) is 0 Å². The van der Waals surface area contributed by atoms with Crippen molar-refractivity contribution in [1.29, 1.82) is 0 Å². The second kappa shape index (κ2) is 5.20. The molecule has 0 unspecified atom stereocenters. The topological polar surface area (TPSA) is 104 Å². The van der Waals surface area contributed by atoms with E-state index < -0.39 is 41.1 Å². The Balaban J connectivity index is 2.14. The number of hydrogen-bond donors (Lipinski definition) is 3. The van der Waals surface area contributed by atoms with Crippen LogP contribution in [0, 0.1) is 17.3 Å². The summed E-state index contributed by atoms with van der Waals surface area (Å²) in [4.78, 5) is 34.6. The Labute approximate surface area is 121 Å². The van der Waals surface area contributed by atoms with Gasteiger partial charge in [0.2, 0.25) is 5.91 Å². The number of nitrogens with one attached hydrogen (secondary N) is 1. The lowest BCUT2D eigenvalue weighted by Crippen LogP contribution is -2.35. The van der Waals surface area contributed by atoms with E-state index in [1.54, 1.807) is 44.2 Å². The third kappa shape index (κ3) is 2.74. The molecule has 0 spiro atoms. The van der Waals surface area contributed by atoms with Gasteiger partial charge in [-0.15, -0.1) is 0 Å². The third-order valence-electron chi connectivity index (χ3n) is 4.04. The molecule has 0 aromatic heterocycles. The zero-order valence-electron chi connectivity index (χ0n) is 11.7. The molecule has 1 fully saturated rings. The quantitative estimate of drug-likeness (QED) is 0.758. The van der Waals surface area contributed by atoms with Gasteiger partial charge in [-0.05, 0) is 11.0 Å². The fraction of sp³-hybridized carbons (Fsp3) is 0.400. The Bertz CT molecular complexity index is 581. The van der Waals surface area contributed by atoms with Crippen molar-refractivity contribution in [2.75, 3.05) is 0 Å². The first-order valence-corrected chi connectivity index (χ1v) is 6.57. The highest BCUT2D eigenvalue weighted by molar-refractivity contribution is 5.93. The van der Waals surface area contributed by atoms with Crippen molar-refractivity contribution in [1.82, 2.24) is 5.32 Å². The first-order chi connectivity index (χ1) is 9.76. The molecule has 1 aromatic rings. The molecule has 2 rings (SSSR count). The van der Waals surface area contributed by atoms with Crippen molar-refractivity contribution in [3.05, 3.63) is 35.9 Å². The summed E-state index contributed by atoms with van der Waals surface area (Å²) in [5.74, 6) is -4.24. The van der Waals surface area contributed by atoms with Gasteiger partial charge in [0.05, 0.1) is 11.8 Å². The highest BCUT2D eigenvalue weighted by Crippen LogP contribution is 2.58. The number of aliphatic carboxylic acids is 2. The highest BCUT2D eigenvalue weighted by Gasteiger charge is 2.66. The lowest BCUT2D eigenvalue weighted by atomic mass is 10.1. The lowest BCUT2D eigenvalue weighted by Gasteiger charge is -2.15. The minimum atomic E-state index is -1.18. The molecule has 0 radical (unpaired) electrons. The number of carboxylic acid groups (broad SMARTS) is 2. The lowest BCUT2D eigenvalue weighted by molar-refractivity contribution is -0.142. The number of benzene rings is 1. The van der Waals surface area contributed by atoms with Crippen LogP contribution in [-0.2, 0) is 14.4 Å². The number of amides is 1. The zero-order valence-corrected chi connectivity index (χ0v) is 11.7. The molecule has 6 heteroatoms. The van der Waals surface area contributed by atoms with E-state index in [0.29, 0.717) is 5.56 Å². The molecule has 1 amide bonds. The van der Waals surface area contributed by atoms with Crippen LogP contribution in [0.25, 0.3) is 0 Å². The molecule has 21 heavy (non-hydrogen) atoms. The largest absolute Gasteiger partial charge is 0.481 e. The van der Waals surface area contributed by atoms with Crippen molar-refractivity contribution >= 4 is 17.8 Å². The SMILES string of the molecule is CC1(C)[C@H](C(=O)O)[C@@H]1C(=O)N[C@H](C(=O)O)c1ccccc1.